The van der Waals surface area contributed by atoms with Crippen molar-refractivity contribution in [1.29, 1.82) is 0 Å². The Labute approximate surface area is 59.2 Å². The van der Waals surface area contributed by atoms with Crippen molar-refractivity contribution in [1.82, 2.24) is 5.32 Å². The Morgan fingerprint density at radius 2 is 1.70 bits per heavy atom. The molecule has 0 rings (SSSR count). The zero-order chi connectivity index (χ0) is 8.36. The quantitative estimate of drug-likeness (QED) is 0.427. The molecule has 0 saturated heterocycles. The molecule has 0 heterocycles. The Balaban J connectivity index is 3.93. The molecule has 0 aromatic rings. The van der Waals surface area contributed by atoms with Gasteiger partial charge in [-0.25, -0.2) is 0 Å². The summed E-state index contributed by atoms with van der Waals surface area (Å²) in [6.45, 7) is 5.07. The number of carbonyl (C=O) groups excluding carboxylic acids is 2. The third-order valence-corrected chi connectivity index (χ3v) is 0.674. The molecule has 0 radical (unpaired) electrons. The van der Waals surface area contributed by atoms with Crippen molar-refractivity contribution in [2.75, 3.05) is 0 Å². The molecule has 0 unspecified atom stereocenters. The predicted octanol–water partition coefficient (Wildman–Crippen LogP) is -1.35. The summed E-state index contributed by atoms with van der Waals surface area (Å²) in [6.07, 6.45) is 0. The first-order chi connectivity index (χ1) is 4.33. The van der Waals surface area contributed by atoms with E-state index < -0.39 is 17.4 Å². The van der Waals surface area contributed by atoms with E-state index in [-0.39, 0.29) is 0 Å². The van der Waals surface area contributed by atoms with Crippen LogP contribution in [0.1, 0.15) is 20.8 Å². The molecule has 0 aliphatic carbocycles. The van der Waals surface area contributed by atoms with Crippen LogP contribution in [0.4, 0.5) is 0 Å². The van der Waals surface area contributed by atoms with Gasteiger partial charge in [0.1, 0.15) is 5.97 Å². The molecule has 0 saturated carbocycles. The number of hydrogen-bond acceptors (Lipinski definition) is 3. The molecule has 0 spiro atoms. The Morgan fingerprint density at radius 3 is 1.80 bits per heavy atom. The Morgan fingerprint density at radius 1 is 1.30 bits per heavy atom. The summed E-state index contributed by atoms with van der Waals surface area (Å²) in [5.41, 5.74) is -0.517. The highest BCUT2D eigenvalue weighted by Crippen LogP contribution is 1.96. The van der Waals surface area contributed by atoms with Gasteiger partial charge in [0, 0.05) is 5.54 Å². The van der Waals surface area contributed by atoms with Crippen LogP contribution >= 0.6 is 0 Å². The zero-order valence-electron chi connectivity index (χ0n) is 6.22. The minimum absolute atomic E-state index is 0.517. The van der Waals surface area contributed by atoms with E-state index >= 15 is 0 Å². The van der Waals surface area contributed by atoms with Crippen LogP contribution in [0.5, 0.6) is 0 Å². The molecule has 0 atom stereocenters. The molecular formula is C6H10NO3-. The van der Waals surface area contributed by atoms with Crippen molar-refractivity contribution in [2.45, 2.75) is 26.3 Å². The third kappa shape index (κ3) is 3.88. The second kappa shape index (κ2) is 2.68. The molecule has 10 heavy (non-hydrogen) atoms. The number of amides is 1. The smallest absolute Gasteiger partial charge is 0.267 e. The lowest BCUT2D eigenvalue weighted by molar-refractivity contribution is -0.300. The van der Waals surface area contributed by atoms with Crippen LogP contribution in [0.15, 0.2) is 0 Å². The van der Waals surface area contributed by atoms with Crippen molar-refractivity contribution < 1.29 is 14.7 Å². The van der Waals surface area contributed by atoms with Crippen LogP contribution in [0.25, 0.3) is 0 Å². The molecule has 0 bridgehead atoms. The summed E-state index contributed by atoms with van der Waals surface area (Å²) in [5, 5.41) is 12.1. The predicted molar refractivity (Wildman–Crippen MR) is 32.9 cm³/mol. The van der Waals surface area contributed by atoms with Crippen molar-refractivity contribution in [3.63, 3.8) is 0 Å². The maximum atomic E-state index is 10.4. The summed E-state index contributed by atoms with van der Waals surface area (Å²) >= 11 is 0. The SMILES string of the molecule is CC(C)(C)NC(=O)C(=O)[O-]. The summed E-state index contributed by atoms with van der Waals surface area (Å²) < 4.78 is 0. The molecule has 1 amide bonds. The van der Waals surface area contributed by atoms with Crippen molar-refractivity contribution >= 4 is 11.9 Å². The fourth-order valence-electron chi connectivity index (χ4n) is 0.392. The van der Waals surface area contributed by atoms with Gasteiger partial charge in [0.25, 0.3) is 5.91 Å². The van der Waals surface area contributed by atoms with Crippen LogP contribution in [0.3, 0.4) is 0 Å². The van der Waals surface area contributed by atoms with Crippen molar-refractivity contribution in [2.24, 2.45) is 0 Å². The van der Waals surface area contributed by atoms with E-state index in [4.69, 9.17) is 0 Å². The Hall–Kier alpha value is -1.06. The largest absolute Gasteiger partial charge is 0.540 e. The van der Waals surface area contributed by atoms with E-state index in [1.165, 1.54) is 0 Å². The number of aliphatic carboxylic acids is 1. The van der Waals surface area contributed by atoms with E-state index in [0.717, 1.165) is 0 Å². The van der Waals surface area contributed by atoms with Gasteiger partial charge >= 0.3 is 0 Å². The molecule has 0 fully saturated rings. The summed E-state index contributed by atoms with van der Waals surface area (Å²) in [4.78, 5) is 20.2. The lowest BCUT2D eigenvalue weighted by atomic mass is 10.1. The number of carbonyl (C=O) groups is 2. The first-order valence-electron chi connectivity index (χ1n) is 2.86. The van der Waals surface area contributed by atoms with Gasteiger partial charge in [-0.3, -0.25) is 4.79 Å². The molecule has 1 N–H and O–H groups in total. The fourth-order valence-corrected chi connectivity index (χ4v) is 0.392. The van der Waals surface area contributed by atoms with Gasteiger partial charge in [-0.2, -0.15) is 0 Å². The Kier molecular flexibility index (Phi) is 2.40. The molecule has 4 heteroatoms. The van der Waals surface area contributed by atoms with E-state index in [2.05, 4.69) is 5.32 Å². The number of rotatable bonds is 0. The van der Waals surface area contributed by atoms with Gasteiger partial charge < -0.3 is 15.2 Å². The summed E-state index contributed by atoms with van der Waals surface area (Å²) in [5.74, 6) is -2.78. The molecule has 0 aromatic heterocycles. The van der Waals surface area contributed by atoms with E-state index in [1.807, 2.05) is 0 Å². The minimum atomic E-state index is -1.70. The van der Waals surface area contributed by atoms with E-state index in [0.29, 0.717) is 0 Å². The second-order valence-electron chi connectivity index (χ2n) is 2.99. The number of carboxylic acids is 1. The molecule has 58 valence electrons. The standard InChI is InChI=1S/C6H11NO3/c1-6(2,3)7-4(8)5(9)10/h1-3H3,(H,7,8)(H,9,10)/p-1. The topological polar surface area (TPSA) is 69.2 Å². The highest BCUT2D eigenvalue weighted by atomic mass is 16.4. The van der Waals surface area contributed by atoms with Gasteiger partial charge in [0.15, 0.2) is 0 Å². The maximum absolute atomic E-state index is 10.4. The molecule has 4 nitrogen and oxygen atoms in total. The Bertz CT molecular complexity index is 157. The van der Waals surface area contributed by atoms with Crippen LogP contribution < -0.4 is 10.4 Å². The highest BCUT2D eigenvalue weighted by molar-refractivity contribution is 6.30. The van der Waals surface area contributed by atoms with Crippen LogP contribution in [0, 0.1) is 0 Å². The number of hydrogen-bond donors (Lipinski definition) is 1. The van der Waals surface area contributed by atoms with E-state index in [9.17, 15) is 14.7 Å². The van der Waals surface area contributed by atoms with Crippen LogP contribution in [-0.2, 0) is 9.59 Å². The van der Waals surface area contributed by atoms with Gasteiger partial charge in [-0.1, -0.05) is 0 Å². The monoisotopic (exact) mass is 144 g/mol. The number of carboxylic acid groups (broad SMARTS) is 1. The zero-order valence-corrected chi connectivity index (χ0v) is 6.22. The highest BCUT2D eigenvalue weighted by Gasteiger charge is 2.13. The average Bonchev–Trinajstić information content (AvgIpc) is 1.60. The first-order valence-corrected chi connectivity index (χ1v) is 2.86. The van der Waals surface area contributed by atoms with E-state index in [1.54, 1.807) is 20.8 Å². The minimum Gasteiger partial charge on any atom is -0.540 e. The fraction of sp³-hybridized carbons (Fsp3) is 0.667. The number of nitrogens with one attached hydrogen (secondary N) is 1. The molecule has 0 aliphatic rings. The summed E-state index contributed by atoms with van der Waals surface area (Å²) in [7, 11) is 0. The lowest BCUT2D eigenvalue weighted by Gasteiger charge is -2.20. The molecule has 0 aliphatic heterocycles. The molecular weight excluding hydrogens is 134 g/mol. The second-order valence-corrected chi connectivity index (χ2v) is 2.99. The van der Waals surface area contributed by atoms with Gasteiger partial charge in [0.2, 0.25) is 0 Å². The normalized spacial score (nSPS) is 10.7. The molecule has 0 aromatic carbocycles. The van der Waals surface area contributed by atoms with Crippen molar-refractivity contribution in [3.05, 3.63) is 0 Å². The maximum Gasteiger partial charge on any atom is 0.267 e. The van der Waals surface area contributed by atoms with Gasteiger partial charge in [-0.15, -0.1) is 0 Å². The van der Waals surface area contributed by atoms with Crippen molar-refractivity contribution in [3.8, 4) is 0 Å². The third-order valence-electron chi connectivity index (χ3n) is 0.674. The average molecular weight is 144 g/mol. The van der Waals surface area contributed by atoms with Gasteiger partial charge in [0.05, 0.1) is 0 Å². The van der Waals surface area contributed by atoms with Crippen LogP contribution in [-0.4, -0.2) is 17.4 Å². The summed E-state index contributed by atoms with van der Waals surface area (Å²) in [6, 6.07) is 0. The van der Waals surface area contributed by atoms with Gasteiger partial charge in [-0.05, 0) is 20.8 Å². The first kappa shape index (κ1) is 8.94. The van der Waals surface area contributed by atoms with Crippen LogP contribution in [0.2, 0.25) is 0 Å². The lowest BCUT2D eigenvalue weighted by Crippen LogP contribution is -2.49.